The summed E-state index contributed by atoms with van der Waals surface area (Å²) < 4.78 is 37.2. The highest BCUT2D eigenvalue weighted by Crippen LogP contribution is 2.35. The number of rotatable bonds is 13. The first-order chi connectivity index (χ1) is 20.9. The van der Waals surface area contributed by atoms with Crippen LogP contribution in [0.15, 0.2) is 91.0 Å². The highest BCUT2D eigenvalue weighted by molar-refractivity contribution is 7.51. The minimum absolute atomic E-state index is 0.418. The Labute approximate surface area is 286 Å². The molecule has 0 amide bonds. The second-order valence-electron chi connectivity index (χ2n) is 17.4. The van der Waals surface area contributed by atoms with E-state index in [4.69, 9.17) is 0 Å². The average Bonchev–Trinajstić information content (AvgIpc) is 2.99. The number of alkyl halides is 3. The third-order valence-corrected chi connectivity index (χ3v) is 54.4. The van der Waals surface area contributed by atoms with Crippen molar-refractivity contribution in [3.63, 3.8) is 0 Å². The Hall–Kier alpha value is -1.25. The monoisotopic (exact) mass is 732 g/mol. The van der Waals surface area contributed by atoms with E-state index in [-0.39, 0.29) is 0 Å². The standard InChI is InChI=1S/C25H34Si3.C12H29F3Si3/c1-26(2,23-15-9-6-10-16-23)21-22-27(3,4)28(5,24-17-11-7-12-18-24)25-19-13-8-14-20-25;1-16(2,3)10-11-18(6,7)17(4,5)9-8-12(13,14)15/h6-20H,21-22H2,1-5H3;8-11H2,1-7H3. The van der Waals surface area contributed by atoms with Crippen molar-refractivity contribution in [2.24, 2.45) is 0 Å². The van der Waals surface area contributed by atoms with E-state index in [0.29, 0.717) is 6.04 Å². The van der Waals surface area contributed by atoms with E-state index in [0.717, 1.165) is 0 Å². The second-order valence-corrected chi connectivity index (χ2v) is 59.3. The van der Waals surface area contributed by atoms with Crippen molar-refractivity contribution in [3.8, 4) is 0 Å². The normalized spacial score (nSPS) is 13.6. The fraction of sp³-hybridized carbons (Fsp3) is 0.514. The van der Waals surface area contributed by atoms with Gasteiger partial charge >= 0.3 is 6.18 Å². The van der Waals surface area contributed by atoms with E-state index in [9.17, 15) is 13.2 Å². The van der Waals surface area contributed by atoms with Gasteiger partial charge in [-0.2, -0.15) is 13.2 Å². The quantitative estimate of drug-likeness (QED) is 0.154. The van der Waals surface area contributed by atoms with Gasteiger partial charge in [0.05, 0.1) is 15.7 Å². The van der Waals surface area contributed by atoms with Crippen LogP contribution < -0.4 is 15.6 Å². The molecular formula is C37H63F3Si6. The first kappa shape index (κ1) is 40.9. The topological polar surface area (TPSA) is 0 Å². The summed E-state index contributed by atoms with van der Waals surface area (Å²) in [5, 5.41) is 4.82. The Morgan fingerprint density at radius 3 is 1.13 bits per heavy atom. The van der Waals surface area contributed by atoms with E-state index in [1.54, 1.807) is 15.6 Å². The summed E-state index contributed by atoms with van der Waals surface area (Å²) in [6.45, 7) is 29.1. The Bertz CT molecular complexity index is 1250. The molecule has 0 saturated carbocycles. The summed E-state index contributed by atoms with van der Waals surface area (Å²) in [5.74, 6) is 0. The van der Waals surface area contributed by atoms with Crippen LogP contribution in [0.5, 0.6) is 0 Å². The smallest absolute Gasteiger partial charge is 0.171 e. The minimum atomic E-state index is -3.98. The van der Waals surface area contributed by atoms with Gasteiger partial charge in [-0.15, -0.1) is 0 Å². The highest BCUT2D eigenvalue weighted by atomic mass is 29.3. The van der Waals surface area contributed by atoms with Gasteiger partial charge in [0.2, 0.25) is 0 Å². The number of hydrogen-bond donors (Lipinski definition) is 0. The summed E-state index contributed by atoms with van der Waals surface area (Å²) in [6.07, 6.45) is -4.55. The van der Waals surface area contributed by atoms with Gasteiger partial charge in [-0.05, 0) is 0 Å². The van der Waals surface area contributed by atoms with E-state index in [2.05, 4.69) is 170 Å². The SMILES string of the molecule is C[Si](C)(C)CC[Si](C)(C)[Si](C)(C)CCC(F)(F)F.C[Si](C)(CC[Si](C)(C)[Si](C)(c1ccccc1)c1ccccc1)c1ccccc1. The zero-order valence-corrected chi connectivity index (χ0v) is 37.0. The Balaban J connectivity index is 0.000000356. The predicted molar refractivity (Wildman–Crippen MR) is 218 cm³/mol. The summed E-state index contributed by atoms with van der Waals surface area (Å²) in [5.41, 5.74) is 0. The lowest BCUT2D eigenvalue weighted by Crippen LogP contribution is -2.72. The molecule has 0 aliphatic carbocycles. The van der Waals surface area contributed by atoms with E-state index in [1.807, 2.05) is 0 Å². The van der Waals surface area contributed by atoms with Gasteiger partial charge < -0.3 is 0 Å². The molecule has 0 heterocycles. The van der Waals surface area contributed by atoms with Crippen molar-refractivity contribution >= 4 is 62.1 Å². The van der Waals surface area contributed by atoms with E-state index < -0.39 is 59.1 Å². The van der Waals surface area contributed by atoms with Crippen molar-refractivity contribution in [1.82, 2.24) is 0 Å². The largest absolute Gasteiger partial charge is 0.388 e. The summed E-state index contributed by atoms with van der Waals surface area (Å²) in [4.78, 5) is 0. The average molecular weight is 733 g/mol. The van der Waals surface area contributed by atoms with Crippen LogP contribution in [0.3, 0.4) is 0 Å². The molecule has 46 heavy (non-hydrogen) atoms. The Morgan fingerprint density at radius 2 is 0.761 bits per heavy atom. The fourth-order valence-electron chi connectivity index (χ4n) is 6.22. The molecular weight excluding hydrogens is 670 g/mol. The first-order valence-electron chi connectivity index (χ1n) is 17.2. The lowest BCUT2D eigenvalue weighted by Gasteiger charge is -2.43. The van der Waals surface area contributed by atoms with Gasteiger partial charge in [-0.3, -0.25) is 0 Å². The molecule has 0 fully saturated rings. The molecule has 0 N–H and O–H groups in total. The zero-order chi connectivity index (χ0) is 35.1. The molecule has 0 aromatic heterocycles. The molecule has 0 nitrogen and oxygen atoms in total. The maximum Gasteiger partial charge on any atom is 0.388 e. The lowest BCUT2D eigenvalue weighted by molar-refractivity contribution is -0.130. The number of hydrogen-bond acceptors (Lipinski definition) is 0. The summed E-state index contributed by atoms with van der Waals surface area (Å²) in [7, 11) is -8.93. The van der Waals surface area contributed by atoms with Crippen LogP contribution in [0.2, 0.25) is 109 Å². The Kier molecular flexibility index (Phi) is 14.2. The van der Waals surface area contributed by atoms with Gasteiger partial charge in [0, 0.05) is 29.7 Å². The third-order valence-electron chi connectivity index (χ3n) is 11.4. The Morgan fingerprint density at radius 1 is 0.413 bits per heavy atom. The van der Waals surface area contributed by atoms with Crippen molar-refractivity contribution in [2.45, 2.75) is 121 Å². The molecule has 256 valence electrons. The molecule has 3 aromatic carbocycles. The van der Waals surface area contributed by atoms with Crippen LogP contribution >= 0.6 is 0 Å². The molecule has 0 saturated heterocycles. The maximum absolute atomic E-state index is 12.4. The molecule has 9 heteroatoms. The van der Waals surface area contributed by atoms with Crippen molar-refractivity contribution in [2.75, 3.05) is 0 Å². The van der Waals surface area contributed by atoms with Crippen LogP contribution in [-0.4, -0.2) is 52.7 Å². The molecule has 0 unspecified atom stereocenters. The molecule has 0 atom stereocenters. The molecule has 0 bridgehead atoms. The van der Waals surface area contributed by atoms with Gasteiger partial charge in [0.1, 0.15) is 7.59 Å². The number of benzene rings is 3. The van der Waals surface area contributed by atoms with Gasteiger partial charge in [-0.1, -0.05) is 215 Å². The fourth-order valence-corrected chi connectivity index (χ4v) is 38.4. The first-order valence-corrected chi connectivity index (χ1v) is 38.2. The summed E-state index contributed by atoms with van der Waals surface area (Å²) >= 11 is 0. The zero-order valence-electron chi connectivity index (χ0n) is 31.0. The van der Waals surface area contributed by atoms with Crippen molar-refractivity contribution in [3.05, 3.63) is 91.0 Å². The van der Waals surface area contributed by atoms with E-state index in [1.165, 1.54) is 24.2 Å². The molecule has 0 aliphatic heterocycles. The minimum Gasteiger partial charge on any atom is -0.171 e. The van der Waals surface area contributed by atoms with Crippen molar-refractivity contribution in [1.29, 1.82) is 0 Å². The van der Waals surface area contributed by atoms with Crippen LogP contribution in [0, 0.1) is 0 Å². The number of halogens is 3. The van der Waals surface area contributed by atoms with Gasteiger partial charge in [0.15, 0.2) is 0 Å². The van der Waals surface area contributed by atoms with Crippen LogP contribution in [0.25, 0.3) is 0 Å². The maximum atomic E-state index is 12.4. The summed E-state index contributed by atoms with van der Waals surface area (Å²) in [6, 6.07) is 39.8. The molecule has 3 rings (SSSR count). The van der Waals surface area contributed by atoms with E-state index >= 15 is 0 Å². The van der Waals surface area contributed by atoms with Crippen LogP contribution in [-0.2, 0) is 0 Å². The van der Waals surface area contributed by atoms with Crippen LogP contribution in [0.1, 0.15) is 6.42 Å². The van der Waals surface area contributed by atoms with Crippen LogP contribution in [0.4, 0.5) is 13.2 Å². The van der Waals surface area contributed by atoms with Gasteiger partial charge in [-0.25, -0.2) is 0 Å². The van der Waals surface area contributed by atoms with Gasteiger partial charge in [0.25, 0.3) is 0 Å². The highest BCUT2D eigenvalue weighted by Gasteiger charge is 2.48. The van der Waals surface area contributed by atoms with Crippen molar-refractivity contribution < 1.29 is 13.2 Å². The molecule has 0 aliphatic rings. The lowest BCUT2D eigenvalue weighted by atomic mass is 10.4. The predicted octanol–water partition coefficient (Wildman–Crippen LogP) is 11.1. The molecule has 0 spiro atoms. The molecule has 3 aromatic rings. The molecule has 0 radical (unpaired) electrons. The third kappa shape index (κ3) is 11.7. The second kappa shape index (κ2) is 16.0.